The van der Waals surface area contributed by atoms with Crippen molar-refractivity contribution in [3.8, 4) is 11.1 Å². The van der Waals surface area contributed by atoms with Crippen LogP contribution in [0.5, 0.6) is 0 Å². The highest BCUT2D eigenvalue weighted by atomic mass is 19.1. The van der Waals surface area contributed by atoms with E-state index in [2.05, 4.69) is 44.3 Å². The fourth-order valence-electron chi connectivity index (χ4n) is 2.70. The van der Waals surface area contributed by atoms with E-state index in [-0.39, 0.29) is 11.9 Å². The lowest BCUT2D eigenvalue weighted by Crippen LogP contribution is -2.13. The predicted molar refractivity (Wildman–Crippen MR) is 88.1 cm³/mol. The molecule has 0 spiro atoms. The van der Waals surface area contributed by atoms with Gasteiger partial charge in [0.25, 0.3) is 0 Å². The highest BCUT2D eigenvalue weighted by Gasteiger charge is 2.14. The molecule has 0 aliphatic carbocycles. The van der Waals surface area contributed by atoms with E-state index in [4.69, 9.17) is 0 Å². The highest BCUT2D eigenvalue weighted by molar-refractivity contribution is 5.72. The van der Waals surface area contributed by atoms with Crippen LogP contribution in [0, 0.1) is 5.82 Å². The molecule has 112 valence electrons. The minimum atomic E-state index is -0.180. The second-order valence-corrected chi connectivity index (χ2v) is 5.44. The number of nitrogens with one attached hydrogen (secondary N) is 1. The molecule has 21 heavy (non-hydrogen) atoms. The molecule has 2 aromatic rings. The largest absolute Gasteiger partial charge is 0.313 e. The van der Waals surface area contributed by atoms with Gasteiger partial charge in [-0.2, -0.15) is 0 Å². The van der Waals surface area contributed by atoms with Crippen molar-refractivity contribution in [1.82, 2.24) is 5.32 Å². The molecule has 1 N–H and O–H groups in total. The number of hydrogen-bond donors (Lipinski definition) is 1. The summed E-state index contributed by atoms with van der Waals surface area (Å²) in [6, 6.07) is 11.8. The number of benzene rings is 2. The van der Waals surface area contributed by atoms with E-state index in [0.29, 0.717) is 0 Å². The van der Waals surface area contributed by atoms with Gasteiger partial charge in [0, 0.05) is 6.04 Å². The molecule has 0 amide bonds. The Hall–Kier alpha value is -1.67. The van der Waals surface area contributed by atoms with Gasteiger partial charge in [0.1, 0.15) is 5.82 Å². The van der Waals surface area contributed by atoms with E-state index in [1.54, 1.807) is 12.1 Å². The second-order valence-electron chi connectivity index (χ2n) is 5.44. The Morgan fingerprint density at radius 2 is 1.76 bits per heavy atom. The van der Waals surface area contributed by atoms with Crippen molar-refractivity contribution in [2.75, 3.05) is 7.05 Å². The van der Waals surface area contributed by atoms with Crippen LogP contribution in [-0.2, 0) is 12.8 Å². The molecule has 0 saturated heterocycles. The summed E-state index contributed by atoms with van der Waals surface area (Å²) in [4.78, 5) is 0. The Balaban J connectivity index is 2.67. The first kappa shape index (κ1) is 15.7. The van der Waals surface area contributed by atoms with Crippen LogP contribution in [-0.4, -0.2) is 7.05 Å². The van der Waals surface area contributed by atoms with E-state index in [9.17, 15) is 4.39 Å². The molecular weight excluding hydrogens is 261 g/mol. The molecule has 1 nitrogen and oxygen atoms in total. The predicted octanol–water partition coefficient (Wildman–Crippen LogP) is 4.90. The van der Waals surface area contributed by atoms with E-state index in [1.165, 1.54) is 11.1 Å². The quantitative estimate of drug-likeness (QED) is 0.824. The lowest BCUT2D eigenvalue weighted by molar-refractivity contribution is 0.620. The Kier molecular flexibility index (Phi) is 5.13. The van der Waals surface area contributed by atoms with Crippen LogP contribution < -0.4 is 5.32 Å². The molecule has 2 rings (SSSR count). The molecule has 0 fully saturated rings. The van der Waals surface area contributed by atoms with Crippen molar-refractivity contribution in [3.63, 3.8) is 0 Å². The molecule has 2 aromatic carbocycles. The number of aryl methyl sites for hydroxylation is 2. The fourth-order valence-corrected chi connectivity index (χ4v) is 2.70. The maximum atomic E-state index is 13.8. The Bertz CT molecular complexity index is 619. The van der Waals surface area contributed by atoms with Crippen molar-refractivity contribution >= 4 is 0 Å². The molecule has 1 atom stereocenters. The van der Waals surface area contributed by atoms with E-state index in [1.807, 2.05) is 13.1 Å². The van der Waals surface area contributed by atoms with Crippen LogP contribution in [0.3, 0.4) is 0 Å². The molecule has 0 radical (unpaired) electrons. The molecular formula is C19H24FN. The fraction of sp³-hybridized carbons (Fsp3) is 0.368. The van der Waals surface area contributed by atoms with Gasteiger partial charge in [-0.25, -0.2) is 4.39 Å². The molecule has 0 aliphatic heterocycles. The minimum absolute atomic E-state index is 0.180. The summed E-state index contributed by atoms with van der Waals surface area (Å²) in [7, 11) is 1.93. The van der Waals surface area contributed by atoms with Gasteiger partial charge in [-0.3, -0.25) is 0 Å². The zero-order valence-corrected chi connectivity index (χ0v) is 13.3. The first-order chi connectivity index (χ1) is 10.1. The SMILES string of the molecule is CCc1ccc(CC)c(-c2cc(F)ccc2C(C)NC)c1. The summed E-state index contributed by atoms with van der Waals surface area (Å²) < 4.78 is 13.8. The topological polar surface area (TPSA) is 12.0 Å². The van der Waals surface area contributed by atoms with Gasteiger partial charge in [0.05, 0.1) is 0 Å². The van der Waals surface area contributed by atoms with Crippen molar-refractivity contribution < 1.29 is 4.39 Å². The van der Waals surface area contributed by atoms with Gasteiger partial charge in [-0.1, -0.05) is 38.1 Å². The van der Waals surface area contributed by atoms with Crippen molar-refractivity contribution in [2.45, 2.75) is 39.7 Å². The van der Waals surface area contributed by atoms with Gasteiger partial charge in [-0.15, -0.1) is 0 Å². The first-order valence-electron chi connectivity index (χ1n) is 7.69. The second kappa shape index (κ2) is 6.86. The zero-order chi connectivity index (χ0) is 15.4. The lowest BCUT2D eigenvalue weighted by atomic mass is 9.90. The Labute approximate surface area is 127 Å². The maximum Gasteiger partial charge on any atom is 0.123 e. The van der Waals surface area contributed by atoms with Gasteiger partial charge < -0.3 is 5.32 Å². The average molecular weight is 285 g/mol. The van der Waals surface area contributed by atoms with E-state index in [0.717, 1.165) is 29.5 Å². The zero-order valence-electron chi connectivity index (χ0n) is 13.3. The maximum absolute atomic E-state index is 13.8. The third-order valence-electron chi connectivity index (χ3n) is 4.17. The third kappa shape index (κ3) is 3.33. The van der Waals surface area contributed by atoms with E-state index >= 15 is 0 Å². The minimum Gasteiger partial charge on any atom is -0.313 e. The summed E-state index contributed by atoms with van der Waals surface area (Å²) in [5.41, 5.74) is 5.86. The molecule has 2 heteroatoms. The lowest BCUT2D eigenvalue weighted by Gasteiger charge is -2.19. The summed E-state index contributed by atoms with van der Waals surface area (Å²) >= 11 is 0. The summed E-state index contributed by atoms with van der Waals surface area (Å²) in [5, 5.41) is 3.25. The van der Waals surface area contributed by atoms with Crippen LogP contribution in [0.25, 0.3) is 11.1 Å². The van der Waals surface area contributed by atoms with Crippen LogP contribution in [0.2, 0.25) is 0 Å². The smallest absolute Gasteiger partial charge is 0.123 e. The van der Waals surface area contributed by atoms with E-state index < -0.39 is 0 Å². The van der Waals surface area contributed by atoms with Gasteiger partial charge in [0.15, 0.2) is 0 Å². The Morgan fingerprint density at radius 3 is 2.38 bits per heavy atom. The summed E-state index contributed by atoms with van der Waals surface area (Å²) in [6.07, 6.45) is 1.94. The molecule has 0 aliphatic rings. The van der Waals surface area contributed by atoms with Gasteiger partial charge in [-0.05, 0) is 66.8 Å². The monoisotopic (exact) mass is 285 g/mol. The normalized spacial score (nSPS) is 12.4. The molecule has 0 heterocycles. The molecule has 1 unspecified atom stereocenters. The molecule has 0 bridgehead atoms. The van der Waals surface area contributed by atoms with Crippen LogP contribution in [0.15, 0.2) is 36.4 Å². The number of hydrogen-bond acceptors (Lipinski definition) is 1. The van der Waals surface area contributed by atoms with Crippen molar-refractivity contribution in [3.05, 3.63) is 58.9 Å². The van der Waals surface area contributed by atoms with Crippen LogP contribution in [0.1, 0.15) is 43.5 Å². The standard InChI is InChI=1S/C19H24FN/c1-5-14-7-8-15(6-2)18(11-14)19-12-16(20)9-10-17(19)13(3)21-4/h7-13,21H,5-6H2,1-4H3. The van der Waals surface area contributed by atoms with Gasteiger partial charge >= 0.3 is 0 Å². The van der Waals surface area contributed by atoms with Crippen LogP contribution in [0.4, 0.5) is 4.39 Å². The molecule has 0 aromatic heterocycles. The first-order valence-corrected chi connectivity index (χ1v) is 7.69. The van der Waals surface area contributed by atoms with Crippen molar-refractivity contribution in [2.24, 2.45) is 0 Å². The highest BCUT2D eigenvalue weighted by Crippen LogP contribution is 2.32. The van der Waals surface area contributed by atoms with Crippen molar-refractivity contribution in [1.29, 1.82) is 0 Å². The number of rotatable bonds is 5. The third-order valence-corrected chi connectivity index (χ3v) is 4.17. The Morgan fingerprint density at radius 1 is 1.00 bits per heavy atom. The average Bonchev–Trinajstić information content (AvgIpc) is 2.53. The van der Waals surface area contributed by atoms with Gasteiger partial charge in [0.2, 0.25) is 0 Å². The molecule has 0 saturated carbocycles. The summed E-state index contributed by atoms with van der Waals surface area (Å²) in [6.45, 7) is 6.39. The number of halogens is 1. The van der Waals surface area contributed by atoms with Crippen LogP contribution >= 0.6 is 0 Å². The summed E-state index contributed by atoms with van der Waals surface area (Å²) in [5.74, 6) is -0.180.